The SMILES string of the molecule is C=C(Br)CNc1ccnc2c(N)cccc12. The van der Waals surface area contributed by atoms with Crippen LogP contribution in [-0.4, -0.2) is 11.5 Å². The number of pyridine rings is 1. The van der Waals surface area contributed by atoms with Crippen LogP contribution in [0.1, 0.15) is 0 Å². The lowest BCUT2D eigenvalue weighted by atomic mass is 10.1. The highest BCUT2D eigenvalue weighted by atomic mass is 79.9. The number of benzene rings is 1. The molecule has 1 aromatic heterocycles. The minimum absolute atomic E-state index is 0.675. The molecule has 3 N–H and O–H groups in total. The Kier molecular flexibility index (Phi) is 3.10. The average Bonchev–Trinajstić information content (AvgIpc) is 2.27. The first-order valence-electron chi connectivity index (χ1n) is 4.89. The molecule has 0 fully saturated rings. The summed E-state index contributed by atoms with van der Waals surface area (Å²) in [6, 6.07) is 7.70. The summed E-state index contributed by atoms with van der Waals surface area (Å²) in [5.41, 5.74) is 8.40. The molecule has 0 saturated carbocycles. The van der Waals surface area contributed by atoms with Crippen molar-refractivity contribution in [3.8, 4) is 0 Å². The molecular weight excluding hydrogens is 266 g/mol. The summed E-state index contributed by atoms with van der Waals surface area (Å²) in [5, 5.41) is 4.30. The van der Waals surface area contributed by atoms with Gasteiger partial charge in [-0.25, -0.2) is 0 Å². The van der Waals surface area contributed by atoms with Gasteiger partial charge in [-0.1, -0.05) is 34.6 Å². The van der Waals surface area contributed by atoms with Crippen molar-refractivity contribution in [2.45, 2.75) is 0 Å². The fraction of sp³-hybridized carbons (Fsp3) is 0.0833. The van der Waals surface area contributed by atoms with E-state index in [-0.39, 0.29) is 0 Å². The van der Waals surface area contributed by atoms with E-state index in [2.05, 4.69) is 32.8 Å². The van der Waals surface area contributed by atoms with E-state index in [1.54, 1.807) is 6.20 Å². The Hall–Kier alpha value is -1.55. The van der Waals surface area contributed by atoms with Gasteiger partial charge in [-0.2, -0.15) is 0 Å². The van der Waals surface area contributed by atoms with Crippen molar-refractivity contribution in [1.82, 2.24) is 4.98 Å². The Morgan fingerprint density at radius 2 is 2.25 bits per heavy atom. The van der Waals surface area contributed by atoms with E-state index in [1.165, 1.54) is 0 Å². The highest BCUT2D eigenvalue weighted by Gasteiger charge is 2.03. The molecule has 2 rings (SSSR count). The maximum atomic E-state index is 5.86. The molecule has 0 aliphatic rings. The largest absolute Gasteiger partial charge is 0.397 e. The second-order valence-electron chi connectivity index (χ2n) is 3.47. The zero-order valence-electron chi connectivity index (χ0n) is 8.70. The molecule has 0 amide bonds. The lowest BCUT2D eigenvalue weighted by molar-refractivity contribution is 1.32. The summed E-state index contributed by atoms with van der Waals surface area (Å²) in [4.78, 5) is 4.27. The molecule has 2 aromatic rings. The van der Waals surface area contributed by atoms with Crippen LogP contribution in [0.2, 0.25) is 0 Å². The van der Waals surface area contributed by atoms with Gasteiger partial charge in [0.25, 0.3) is 0 Å². The summed E-state index contributed by atoms with van der Waals surface area (Å²) in [6.45, 7) is 4.46. The van der Waals surface area contributed by atoms with Crippen molar-refractivity contribution in [3.63, 3.8) is 0 Å². The lowest BCUT2D eigenvalue weighted by Crippen LogP contribution is -2.02. The van der Waals surface area contributed by atoms with Gasteiger partial charge in [0.15, 0.2) is 0 Å². The highest BCUT2D eigenvalue weighted by Crippen LogP contribution is 2.25. The van der Waals surface area contributed by atoms with Crippen molar-refractivity contribution in [2.24, 2.45) is 0 Å². The second-order valence-corrected chi connectivity index (χ2v) is 4.59. The Morgan fingerprint density at radius 1 is 1.44 bits per heavy atom. The van der Waals surface area contributed by atoms with E-state index in [9.17, 15) is 0 Å². The zero-order chi connectivity index (χ0) is 11.5. The maximum absolute atomic E-state index is 5.86. The molecule has 3 nitrogen and oxygen atoms in total. The normalized spacial score (nSPS) is 10.3. The molecule has 0 unspecified atom stereocenters. The summed E-state index contributed by atoms with van der Waals surface area (Å²) < 4.78 is 0.904. The quantitative estimate of drug-likeness (QED) is 0.848. The number of hydrogen-bond acceptors (Lipinski definition) is 3. The first kappa shape index (κ1) is 11.0. The van der Waals surface area contributed by atoms with Crippen LogP contribution in [-0.2, 0) is 0 Å². The van der Waals surface area contributed by atoms with E-state index in [1.807, 2.05) is 24.3 Å². The molecule has 4 heteroatoms. The van der Waals surface area contributed by atoms with E-state index in [4.69, 9.17) is 5.73 Å². The van der Waals surface area contributed by atoms with Crippen LogP contribution in [0.5, 0.6) is 0 Å². The van der Waals surface area contributed by atoms with Crippen molar-refractivity contribution < 1.29 is 0 Å². The third-order valence-electron chi connectivity index (χ3n) is 2.27. The fourth-order valence-electron chi connectivity index (χ4n) is 1.54. The molecular formula is C12H12BrN3. The minimum atomic E-state index is 0.675. The van der Waals surface area contributed by atoms with Gasteiger partial charge in [-0.15, -0.1) is 0 Å². The van der Waals surface area contributed by atoms with Crippen LogP contribution in [0.15, 0.2) is 41.5 Å². The third kappa shape index (κ3) is 2.17. The number of nitrogens with one attached hydrogen (secondary N) is 1. The Labute approximate surface area is 102 Å². The standard InChI is InChI=1S/C12H12BrN3/c1-8(13)7-16-11-5-6-15-12-9(11)3-2-4-10(12)14/h2-6H,1,7,14H2,(H,15,16). The number of para-hydroxylation sites is 1. The highest BCUT2D eigenvalue weighted by molar-refractivity contribution is 9.11. The molecule has 0 aliphatic carbocycles. The molecule has 82 valence electrons. The number of anilines is 2. The number of rotatable bonds is 3. The zero-order valence-corrected chi connectivity index (χ0v) is 10.3. The van der Waals surface area contributed by atoms with Gasteiger partial charge < -0.3 is 11.1 Å². The number of nitrogens with two attached hydrogens (primary N) is 1. The Bertz CT molecular complexity index is 537. The maximum Gasteiger partial charge on any atom is 0.0951 e. The van der Waals surface area contributed by atoms with E-state index >= 15 is 0 Å². The van der Waals surface area contributed by atoms with Crippen molar-refractivity contribution in [1.29, 1.82) is 0 Å². The number of aromatic nitrogens is 1. The Balaban J connectivity index is 2.45. The monoisotopic (exact) mass is 277 g/mol. The summed E-state index contributed by atoms with van der Waals surface area (Å²) in [6.07, 6.45) is 1.75. The number of hydrogen-bond donors (Lipinski definition) is 2. The molecule has 1 aromatic carbocycles. The smallest absolute Gasteiger partial charge is 0.0951 e. The number of fused-ring (bicyclic) bond motifs is 1. The third-order valence-corrected chi connectivity index (χ3v) is 2.55. The predicted molar refractivity (Wildman–Crippen MR) is 72.7 cm³/mol. The first-order chi connectivity index (χ1) is 7.68. The van der Waals surface area contributed by atoms with E-state index < -0.39 is 0 Å². The summed E-state index contributed by atoms with van der Waals surface area (Å²) in [7, 11) is 0. The molecule has 0 saturated heterocycles. The number of nitrogens with zero attached hydrogens (tertiary/aromatic N) is 1. The van der Waals surface area contributed by atoms with Crippen molar-refractivity contribution in [2.75, 3.05) is 17.6 Å². The average molecular weight is 278 g/mol. The molecule has 1 heterocycles. The van der Waals surface area contributed by atoms with Gasteiger partial charge in [0, 0.05) is 28.3 Å². The summed E-state index contributed by atoms with van der Waals surface area (Å²) >= 11 is 3.31. The topological polar surface area (TPSA) is 50.9 Å². The molecule has 0 radical (unpaired) electrons. The van der Waals surface area contributed by atoms with Crippen LogP contribution in [0, 0.1) is 0 Å². The predicted octanol–water partition coefficient (Wildman–Crippen LogP) is 3.14. The second kappa shape index (κ2) is 4.53. The van der Waals surface area contributed by atoms with Gasteiger partial charge >= 0.3 is 0 Å². The van der Waals surface area contributed by atoms with Gasteiger partial charge in [0.2, 0.25) is 0 Å². The molecule has 0 atom stereocenters. The minimum Gasteiger partial charge on any atom is -0.397 e. The molecule has 16 heavy (non-hydrogen) atoms. The van der Waals surface area contributed by atoms with Crippen LogP contribution < -0.4 is 11.1 Å². The van der Waals surface area contributed by atoms with E-state index in [0.29, 0.717) is 12.2 Å². The summed E-state index contributed by atoms with van der Waals surface area (Å²) in [5.74, 6) is 0. The van der Waals surface area contributed by atoms with Gasteiger partial charge in [0.1, 0.15) is 0 Å². The van der Waals surface area contributed by atoms with Crippen molar-refractivity contribution >= 4 is 38.2 Å². The van der Waals surface area contributed by atoms with Gasteiger partial charge in [-0.05, 0) is 12.1 Å². The Morgan fingerprint density at radius 3 is 3.00 bits per heavy atom. The molecule has 0 bridgehead atoms. The van der Waals surface area contributed by atoms with E-state index in [0.717, 1.165) is 21.1 Å². The van der Waals surface area contributed by atoms with Crippen LogP contribution >= 0.6 is 15.9 Å². The lowest BCUT2D eigenvalue weighted by Gasteiger charge is -2.09. The van der Waals surface area contributed by atoms with Gasteiger partial charge in [0.05, 0.1) is 11.2 Å². The van der Waals surface area contributed by atoms with Crippen LogP contribution in [0.3, 0.4) is 0 Å². The van der Waals surface area contributed by atoms with Crippen molar-refractivity contribution in [3.05, 3.63) is 41.5 Å². The fourth-order valence-corrected chi connectivity index (χ4v) is 1.68. The molecule has 0 aliphatic heterocycles. The van der Waals surface area contributed by atoms with Crippen LogP contribution in [0.25, 0.3) is 10.9 Å². The van der Waals surface area contributed by atoms with Crippen LogP contribution in [0.4, 0.5) is 11.4 Å². The van der Waals surface area contributed by atoms with Gasteiger partial charge in [-0.3, -0.25) is 4.98 Å². The number of nitrogen functional groups attached to an aromatic ring is 1. The molecule has 0 spiro atoms. The first-order valence-corrected chi connectivity index (χ1v) is 5.68. The number of halogens is 1.